The number of ether oxygens (including phenoxy) is 1. The average molecular weight is 134 g/mol. The van der Waals surface area contributed by atoms with E-state index in [1.54, 1.807) is 0 Å². The fourth-order valence-corrected chi connectivity index (χ4v) is 0.435. The lowest BCUT2D eigenvalue weighted by Crippen LogP contribution is -2.08. The smallest absolute Gasteiger partial charge is 0.153 e. The first kappa shape index (κ1) is 8.88. The highest BCUT2D eigenvalue weighted by atomic mass is 16.5. The number of aliphatic hydroxyl groups is 2. The van der Waals surface area contributed by atoms with Crippen molar-refractivity contribution >= 4 is 0 Å². The van der Waals surface area contributed by atoms with E-state index in [0.29, 0.717) is 19.6 Å². The van der Waals surface area contributed by atoms with Crippen molar-refractivity contribution < 1.29 is 14.9 Å². The van der Waals surface area contributed by atoms with Gasteiger partial charge in [-0.05, 0) is 6.42 Å². The SMILES string of the molecule is CCCOCCC(O)O. The maximum atomic E-state index is 8.33. The third-order valence-electron chi connectivity index (χ3n) is 0.869. The maximum Gasteiger partial charge on any atom is 0.153 e. The van der Waals surface area contributed by atoms with Gasteiger partial charge in [0.25, 0.3) is 0 Å². The van der Waals surface area contributed by atoms with E-state index in [2.05, 4.69) is 0 Å². The number of hydrogen-bond acceptors (Lipinski definition) is 3. The standard InChI is InChI=1S/C6H14O3/c1-2-4-9-5-3-6(7)8/h6-8H,2-5H2,1H3. The molecule has 0 saturated carbocycles. The fourth-order valence-electron chi connectivity index (χ4n) is 0.435. The van der Waals surface area contributed by atoms with Crippen LogP contribution in [-0.4, -0.2) is 29.7 Å². The quantitative estimate of drug-likeness (QED) is 0.414. The van der Waals surface area contributed by atoms with Crippen LogP contribution in [0.15, 0.2) is 0 Å². The summed E-state index contributed by atoms with van der Waals surface area (Å²) in [5.74, 6) is 0. The van der Waals surface area contributed by atoms with Crippen LogP contribution in [0, 0.1) is 0 Å². The Hall–Kier alpha value is -0.120. The summed E-state index contributed by atoms with van der Waals surface area (Å²) in [5, 5.41) is 16.7. The molecule has 0 amide bonds. The van der Waals surface area contributed by atoms with Gasteiger partial charge in [0.2, 0.25) is 0 Å². The summed E-state index contributed by atoms with van der Waals surface area (Å²) in [5.41, 5.74) is 0. The molecule has 9 heavy (non-hydrogen) atoms. The first-order valence-corrected chi connectivity index (χ1v) is 3.21. The predicted molar refractivity (Wildman–Crippen MR) is 34.0 cm³/mol. The third kappa shape index (κ3) is 7.88. The molecule has 0 bridgehead atoms. The van der Waals surface area contributed by atoms with Crippen molar-refractivity contribution in [3.05, 3.63) is 0 Å². The normalized spacial score (nSPS) is 10.7. The van der Waals surface area contributed by atoms with Gasteiger partial charge in [0, 0.05) is 13.0 Å². The Balaban J connectivity index is 2.75. The molecule has 0 radical (unpaired) electrons. The van der Waals surface area contributed by atoms with Gasteiger partial charge in [-0.15, -0.1) is 0 Å². The monoisotopic (exact) mass is 134 g/mol. The number of hydrogen-bond donors (Lipinski definition) is 2. The third-order valence-corrected chi connectivity index (χ3v) is 0.869. The van der Waals surface area contributed by atoms with E-state index in [1.165, 1.54) is 0 Å². The van der Waals surface area contributed by atoms with Crippen molar-refractivity contribution in [3.63, 3.8) is 0 Å². The van der Waals surface area contributed by atoms with Crippen molar-refractivity contribution in [2.45, 2.75) is 26.1 Å². The molecule has 56 valence electrons. The molecule has 0 fully saturated rings. The molecule has 0 aliphatic rings. The first-order valence-electron chi connectivity index (χ1n) is 3.21. The molecule has 0 saturated heterocycles. The minimum absolute atomic E-state index is 0.306. The predicted octanol–water partition coefficient (Wildman–Crippen LogP) is 0.114. The van der Waals surface area contributed by atoms with E-state index in [4.69, 9.17) is 14.9 Å². The Labute approximate surface area is 55.3 Å². The molecule has 3 heteroatoms. The molecule has 0 aromatic heterocycles. The molecular formula is C6H14O3. The Bertz CT molecular complexity index is 54.3. The van der Waals surface area contributed by atoms with Crippen LogP contribution in [-0.2, 0) is 4.74 Å². The molecule has 0 aliphatic heterocycles. The molecule has 3 nitrogen and oxygen atoms in total. The summed E-state index contributed by atoms with van der Waals surface area (Å²) in [6, 6.07) is 0. The molecular weight excluding hydrogens is 120 g/mol. The summed E-state index contributed by atoms with van der Waals surface area (Å²) >= 11 is 0. The van der Waals surface area contributed by atoms with Crippen LogP contribution in [0.1, 0.15) is 19.8 Å². The summed E-state index contributed by atoms with van der Waals surface area (Å²) in [4.78, 5) is 0. The van der Waals surface area contributed by atoms with E-state index in [0.717, 1.165) is 6.42 Å². The minimum Gasteiger partial charge on any atom is -0.381 e. The molecule has 0 aliphatic carbocycles. The molecule has 2 N–H and O–H groups in total. The van der Waals surface area contributed by atoms with E-state index >= 15 is 0 Å². The van der Waals surface area contributed by atoms with Gasteiger partial charge in [0.15, 0.2) is 6.29 Å². The van der Waals surface area contributed by atoms with E-state index in [1.807, 2.05) is 6.92 Å². The van der Waals surface area contributed by atoms with E-state index in [-0.39, 0.29) is 0 Å². The zero-order valence-electron chi connectivity index (χ0n) is 5.71. The molecule has 0 atom stereocenters. The Kier molecular flexibility index (Phi) is 5.93. The van der Waals surface area contributed by atoms with Crippen molar-refractivity contribution in [2.75, 3.05) is 13.2 Å². The van der Waals surface area contributed by atoms with E-state index in [9.17, 15) is 0 Å². The summed E-state index contributed by atoms with van der Waals surface area (Å²) in [7, 11) is 0. The van der Waals surface area contributed by atoms with Crippen LogP contribution in [0.3, 0.4) is 0 Å². The first-order chi connectivity index (χ1) is 4.27. The largest absolute Gasteiger partial charge is 0.381 e. The van der Waals surface area contributed by atoms with Crippen molar-refractivity contribution in [1.82, 2.24) is 0 Å². The lowest BCUT2D eigenvalue weighted by molar-refractivity contribution is -0.0609. The van der Waals surface area contributed by atoms with Gasteiger partial charge in [-0.1, -0.05) is 6.92 Å². The number of aliphatic hydroxyl groups excluding tert-OH is 1. The van der Waals surface area contributed by atoms with Gasteiger partial charge in [-0.3, -0.25) is 0 Å². The van der Waals surface area contributed by atoms with Crippen LogP contribution < -0.4 is 0 Å². The van der Waals surface area contributed by atoms with Crippen LogP contribution in [0.2, 0.25) is 0 Å². The van der Waals surface area contributed by atoms with Gasteiger partial charge in [0.1, 0.15) is 0 Å². The fraction of sp³-hybridized carbons (Fsp3) is 1.00. The van der Waals surface area contributed by atoms with Gasteiger partial charge in [-0.25, -0.2) is 0 Å². The molecule has 0 rings (SSSR count). The second kappa shape index (κ2) is 6.01. The molecule has 0 spiro atoms. The average Bonchev–Trinajstić information content (AvgIpc) is 1.80. The van der Waals surface area contributed by atoms with Crippen molar-refractivity contribution in [3.8, 4) is 0 Å². The van der Waals surface area contributed by atoms with E-state index < -0.39 is 6.29 Å². The Morgan fingerprint density at radius 1 is 1.33 bits per heavy atom. The van der Waals surface area contributed by atoms with Crippen molar-refractivity contribution in [1.29, 1.82) is 0 Å². The van der Waals surface area contributed by atoms with Crippen LogP contribution in [0.5, 0.6) is 0 Å². The molecule has 0 heterocycles. The zero-order chi connectivity index (χ0) is 7.11. The lowest BCUT2D eigenvalue weighted by Gasteiger charge is -2.02. The highest BCUT2D eigenvalue weighted by molar-refractivity contribution is 4.36. The summed E-state index contributed by atoms with van der Waals surface area (Å²) in [6.45, 7) is 3.15. The highest BCUT2D eigenvalue weighted by Gasteiger charge is 1.94. The Morgan fingerprint density at radius 2 is 2.00 bits per heavy atom. The highest BCUT2D eigenvalue weighted by Crippen LogP contribution is 1.88. The topological polar surface area (TPSA) is 49.7 Å². The van der Waals surface area contributed by atoms with Gasteiger partial charge in [-0.2, -0.15) is 0 Å². The van der Waals surface area contributed by atoms with Crippen LogP contribution >= 0.6 is 0 Å². The van der Waals surface area contributed by atoms with Crippen molar-refractivity contribution in [2.24, 2.45) is 0 Å². The molecule has 0 aromatic rings. The minimum atomic E-state index is -1.22. The van der Waals surface area contributed by atoms with Crippen LogP contribution in [0.4, 0.5) is 0 Å². The summed E-state index contributed by atoms with van der Waals surface area (Å²) < 4.78 is 4.97. The zero-order valence-corrected chi connectivity index (χ0v) is 5.71. The van der Waals surface area contributed by atoms with Gasteiger partial charge >= 0.3 is 0 Å². The molecule has 0 aromatic carbocycles. The van der Waals surface area contributed by atoms with Gasteiger partial charge in [0.05, 0.1) is 6.61 Å². The van der Waals surface area contributed by atoms with Gasteiger partial charge < -0.3 is 14.9 Å². The molecule has 0 unspecified atom stereocenters. The maximum absolute atomic E-state index is 8.33. The Morgan fingerprint density at radius 3 is 2.44 bits per heavy atom. The summed E-state index contributed by atoms with van der Waals surface area (Å²) in [6.07, 6.45) is 0.0588. The lowest BCUT2D eigenvalue weighted by atomic mass is 10.4. The number of rotatable bonds is 5. The van der Waals surface area contributed by atoms with Crippen LogP contribution in [0.25, 0.3) is 0 Å². The second-order valence-electron chi connectivity index (χ2n) is 1.88. The second-order valence-corrected chi connectivity index (χ2v) is 1.88.